The SMILES string of the molecule is Cc1ccc(NC(=O)COC(=O)[C@H]2CC(=O)N(c3cccc([N+](=O)[O-])c3)C2)cc1[N+](=O)[O-]. The molecule has 1 aliphatic rings. The summed E-state index contributed by atoms with van der Waals surface area (Å²) >= 11 is 0. The van der Waals surface area contributed by atoms with E-state index in [1.165, 1.54) is 47.4 Å². The van der Waals surface area contributed by atoms with Gasteiger partial charge in [-0.25, -0.2) is 0 Å². The van der Waals surface area contributed by atoms with Crippen LogP contribution < -0.4 is 10.2 Å². The molecular weight excluding hydrogens is 424 g/mol. The van der Waals surface area contributed by atoms with Crippen molar-refractivity contribution in [3.63, 3.8) is 0 Å². The first-order valence-electron chi connectivity index (χ1n) is 9.42. The Morgan fingerprint density at radius 1 is 1.16 bits per heavy atom. The lowest BCUT2D eigenvalue weighted by Crippen LogP contribution is -2.28. The number of nitro benzene ring substituents is 2. The number of nitro groups is 2. The number of benzene rings is 2. The average Bonchev–Trinajstić information content (AvgIpc) is 3.15. The summed E-state index contributed by atoms with van der Waals surface area (Å²) in [5, 5.41) is 24.3. The molecule has 0 aromatic heterocycles. The second-order valence-electron chi connectivity index (χ2n) is 7.10. The number of amides is 2. The number of rotatable bonds is 7. The van der Waals surface area contributed by atoms with Gasteiger partial charge in [0.15, 0.2) is 6.61 Å². The molecule has 0 saturated carbocycles. The van der Waals surface area contributed by atoms with Gasteiger partial charge in [-0.05, 0) is 19.1 Å². The summed E-state index contributed by atoms with van der Waals surface area (Å²) in [5.74, 6) is -2.70. The van der Waals surface area contributed by atoms with Crippen molar-refractivity contribution >= 4 is 40.5 Å². The van der Waals surface area contributed by atoms with Crippen molar-refractivity contribution in [2.24, 2.45) is 5.92 Å². The lowest BCUT2D eigenvalue weighted by atomic mass is 10.1. The number of nitrogens with zero attached hydrogens (tertiary/aromatic N) is 3. The summed E-state index contributed by atoms with van der Waals surface area (Å²) in [7, 11) is 0. The Hall–Kier alpha value is -4.35. The fourth-order valence-electron chi connectivity index (χ4n) is 3.22. The molecule has 0 unspecified atom stereocenters. The summed E-state index contributed by atoms with van der Waals surface area (Å²) in [5.41, 5.74) is 0.549. The minimum absolute atomic E-state index is 0.0371. The van der Waals surface area contributed by atoms with Crippen LogP contribution in [0.15, 0.2) is 42.5 Å². The molecule has 0 aliphatic carbocycles. The van der Waals surface area contributed by atoms with Crippen LogP contribution in [0.4, 0.5) is 22.7 Å². The highest BCUT2D eigenvalue weighted by Gasteiger charge is 2.36. The Bertz CT molecular complexity index is 1120. The fourth-order valence-corrected chi connectivity index (χ4v) is 3.22. The summed E-state index contributed by atoms with van der Waals surface area (Å²) in [6.07, 6.45) is -0.159. The van der Waals surface area contributed by atoms with E-state index in [4.69, 9.17) is 4.74 Å². The Morgan fingerprint density at radius 2 is 1.91 bits per heavy atom. The molecule has 2 amide bonds. The number of carbonyl (C=O) groups is 3. The number of nitrogens with one attached hydrogen (secondary N) is 1. The lowest BCUT2D eigenvalue weighted by molar-refractivity contribution is -0.385. The van der Waals surface area contributed by atoms with Gasteiger partial charge >= 0.3 is 5.97 Å². The zero-order valence-corrected chi connectivity index (χ0v) is 16.8. The molecule has 3 rings (SSSR count). The number of hydrogen-bond donors (Lipinski definition) is 1. The molecule has 0 radical (unpaired) electrons. The van der Waals surface area contributed by atoms with Gasteiger partial charge in [-0.1, -0.05) is 12.1 Å². The van der Waals surface area contributed by atoms with Gasteiger partial charge in [0.25, 0.3) is 17.3 Å². The van der Waals surface area contributed by atoms with E-state index in [2.05, 4.69) is 5.32 Å². The van der Waals surface area contributed by atoms with Crippen LogP contribution in [0.5, 0.6) is 0 Å². The molecule has 2 aromatic carbocycles. The minimum atomic E-state index is -0.838. The average molecular weight is 442 g/mol. The van der Waals surface area contributed by atoms with Crippen molar-refractivity contribution in [1.29, 1.82) is 0 Å². The van der Waals surface area contributed by atoms with Gasteiger partial charge in [-0.15, -0.1) is 0 Å². The molecular formula is C20H18N4O8. The first kappa shape index (κ1) is 22.3. The predicted molar refractivity (Wildman–Crippen MR) is 111 cm³/mol. The van der Waals surface area contributed by atoms with Crippen molar-refractivity contribution < 1.29 is 29.0 Å². The summed E-state index contributed by atoms with van der Waals surface area (Å²) < 4.78 is 4.98. The lowest BCUT2D eigenvalue weighted by Gasteiger charge is -2.16. The Morgan fingerprint density at radius 3 is 2.59 bits per heavy atom. The maximum atomic E-state index is 12.3. The predicted octanol–water partition coefficient (Wildman–Crippen LogP) is 2.35. The van der Waals surface area contributed by atoms with E-state index >= 15 is 0 Å². The van der Waals surface area contributed by atoms with Gasteiger partial charge in [0.2, 0.25) is 5.91 Å². The van der Waals surface area contributed by atoms with Crippen molar-refractivity contribution in [2.45, 2.75) is 13.3 Å². The van der Waals surface area contributed by atoms with Crippen LogP contribution in [0.1, 0.15) is 12.0 Å². The van der Waals surface area contributed by atoms with Gasteiger partial charge in [0, 0.05) is 42.4 Å². The van der Waals surface area contributed by atoms with Crippen LogP contribution in [0.25, 0.3) is 0 Å². The van der Waals surface area contributed by atoms with Crippen molar-refractivity contribution in [2.75, 3.05) is 23.4 Å². The normalized spacial score (nSPS) is 15.3. The van der Waals surface area contributed by atoms with Crippen molar-refractivity contribution in [3.8, 4) is 0 Å². The maximum Gasteiger partial charge on any atom is 0.311 e. The minimum Gasteiger partial charge on any atom is -0.455 e. The van der Waals surface area contributed by atoms with Gasteiger partial charge in [0.05, 0.1) is 21.5 Å². The van der Waals surface area contributed by atoms with Gasteiger partial charge in [0.1, 0.15) is 0 Å². The second kappa shape index (κ2) is 9.20. The molecule has 1 fully saturated rings. The van der Waals surface area contributed by atoms with Crippen molar-refractivity contribution in [3.05, 3.63) is 68.3 Å². The van der Waals surface area contributed by atoms with Crippen LogP contribution >= 0.6 is 0 Å². The first-order chi connectivity index (χ1) is 15.2. The second-order valence-corrected chi connectivity index (χ2v) is 7.10. The number of aryl methyl sites for hydroxylation is 1. The Balaban J connectivity index is 1.56. The smallest absolute Gasteiger partial charge is 0.311 e. The number of ether oxygens (including phenoxy) is 1. The Kier molecular flexibility index (Phi) is 6.42. The molecule has 12 nitrogen and oxygen atoms in total. The van der Waals surface area contributed by atoms with Gasteiger partial charge < -0.3 is 15.0 Å². The van der Waals surface area contributed by atoms with E-state index in [-0.39, 0.29) is 30.0 Å². The highest BCUT2D eigenvalue weighted by atomic mass is 16.6. The quantitative estimate of drug-likeness (QED) is 0.388. The largest absolute Gasteiger partial charge is 0.455 e. The summed E-state index contributed by atoms with van der Waals surface area (Å²) in [6, 6.07) is 9.64. The molecule has 1 atom stereocenters. The third-order valence-electron chi connectivity index (χ3n) is 4.85. The third-order valence-corrected chi connectivity index (χ3v) is 4.85. The number of carbonyl (C=O) groups excluding carboxylic acids is 3. The molecule has 12 heteroatoms. The summed E-state index contributed by atoms with van der Waals surface area (Å²) in [4.78, 5) is 58.6. The van der Waals surface area contributed by atoms with Crippen LogP contribution in [-0.4, -0.2) is 40.8 Å². The zero-order chi connectivity index (χ0) is 23.4. The third kappa shape index (κ3) is 5.03. The number of non-ortho nitro benzene ring substituents is 1. The zero-order valence-electron chi connectivity index (χ0n) is 16.8. The number of hydrogen-bond acceptors (Lipinski definition) is 8. The highest BCUT2D eigenvalue weighted by Crippen LogP contribution is 2.28. The van der Waals surface area contributed by atoms with Gasteiger partial charge in [-0.2, -0.15) is 0 Å². The molecule has 32 heavy (non-hydrogen) atoms. The molecule has 166 valence electrons. The molecule has 1 aliphatic heterocycles. The van der Waals surface area contributed by atoms with Crippen LogP contribution in [0.2, 0.25) is 0 Å². The highest BCUT2D eigenvalue weighted by molar-refractivity contribution is 6.00. The molecule has 1 heterocycles. The molecule has 1 N–H and O–H groups in total. The fraction of sp³-hybridized carbons (Fsp3) is 0.250. The number of anilines is 2. The monoisotopic (exact) mass is 442 g/mol. The van der Waals surface area contributed by atoms with Gasteiger partial charge in [-0.3, -0.25) is 34.6 Å². The molecule has 2 aromatic rings. The summed E-state index contributed by atoms with van der Waals surface area (Å²) in [6.45, 7) is 0.887. The van der Waals surface area contributed by atoms with Crippen LogP contribution in [0.3, 0.4) is 0 Å². The van der Waals surface area contributed by atoms with E-state index in [1.807, 2.05) is 0 Å². The number of esters is 1. The van der Waals surface area contributed by atoms with Crippen LogP contribution in [-0.2, 0) is 19.1 Å². The Labute approximate surface area is 181 Å². The molecule has 0 bridgehead atoms. The first-order valence-corrected chi connectivity index (χ1v) is 9.42. The van der Waals surface area contributed by atoms with E-state index in [1.54, 1.807) is 6.92 Å². The topological polar surface area (TPSA) is 162 Å². The van der Waals surface area contributed by atoms with E-state index in [0.717, 1.165) is 0 Å². The van der Waals surface area contributed by atoms with E-state index in [9.17, 15) is 34.6 Å². The molecule has 0 spiro atoms. The standard InChI is InChI=1S/C20H18N4O8/c1-12-5-6-14(8-17(12)24(30)31)21-18(25)11-32-20(27)13-7-19(26)22(10-13)15-3-2-4-16(9-15)23(28)29/h2-6,8-9,13H,7,10-11H2,1H3,(H,21,25)/t13-/m0/s1. The molecule has 1 saturated heterocycles. The van der Waals surface area contributed by atoms with Crippen molar-refractivity contribution in [1.82, 2.24) is 0 Å². The maximum absolute atomic E-state index is 12.3. The van der Waals surface area contributed by atoms with Crippen LogP contribution in [0, 0.1) is 33.1 Å². The van der Waals surface area contributed by atoms with E-state index in [0.29, 0.717) is 11.3 Å². The van der Waals surface area contributed by atoms with E-state index < -0.39 is 40.2 Å².